The van der Waals surface area contributed by atoms with Gasteiger partial charge in [0.1, 0.15) is 0 Å². The van der Waals surface area contributed by atoms with Gasteiger partial charge in [-0.15, -0.1) is 0 Å². The van der Waals surface area contributed by atoms with Crippen LogP contribution in [-0.4, -0.2) is 48.8 Å². The highest BCUT2D eigenvalue weighted by Crippen LogP contribution is 2.37. The lowest BCUT2D eigenvalue weighted by Gasteiger charge is -2.29. The van der Waals surface area contributed by atoms with Gasteiger partial charge in [0.05, 0.1) is 6.61 Å². The van der Waals surface area contributed by atoms with Gasteiger partial charge in [0.25, 0.3) is 0 Å². The van der Waals surface area contributed by atoms with Crippen LogP contribution in [0, 0.1) is 11.8 Å². The van der Waals surface area contributed by atoms with Crippen molar-refractivity contribution in [2.75, 3.05) is 33.3 Å². The fraction of sp³-hybridized carbons (Fsp3) is 1.00. The minimum atomic E-state index is -0.0935. The number of nitrogens with zero attached hydrogens (tertiary/aromatic N) is 1. The zero-order valence-electron chi connectivity index (χ0n) is 12.7. The van der Waals surface area contributed by atoms with E-state index < -0.39 is 0 Å². The molecule has 0 saturated heterocycles. The summed E-state index contributed by atoms with van der Waals surface area (Å²) in [5, 5.41) is 13.0. The Morgan fingerprint density at radius 3 is 2.61 bits per heavy atom. The predicted octanol–water partition coefficient (Wildman–Crippen LogP) is 2.10. The number of rotatable bonds is 10. The fourth-order valence-corrected chi connectivity index (χ4v) is 2.53. The molecule has 108 valence electrons. The number of hydrogen-bond acceptors (Lipinski definition) is 3. The van der Waals surface area contributed by atoms with Crippen molar-refractivity contribution >= 4 is 0 Å². The van der Waals surface area contributed by atoms with Crippen LogP contribution in [0.3, 0.4) is 0 Å². The molecule has 0 amide bonds. The van der Waals surface area contributed by atoms with Crippen LogP contribution in [0.4, 0.5) is 0 Å². The number of hydrogen-bond donors (Lipinski definition) is 2. The van der Waals surface area contributed by atoms with Crippen molar-refractivity contribution in [2.45, 2.75) is 52.0 Å². The molecule has 3 nitrogen and oxygen atoms in total. The SMILES string of the molecule is CCCNC(C)(CO)CCCN(C)CC1CC1C. The maximum Gasteiger partial charge on any atom is 0.0610 e. The molecule has 1 fully saturated rings. The largest absolute Gasteiger partial charge is 0.394 e. The third-order valence-electron chi connectivity index (χ3n) is 4.24. The monoisotopic (exact) mass is 256 g/mol. The van der Waals surface area contributed by atoms with Gasteiger partial charge in [0.15, 0.2) is 0 Å². The van der Waals surface area contributed by atoms with E-state index in [4.69, 9.17) is 0 Å². The molecule has 1 aliphatic carbocycles. The third kappa shape index (κ3) is 5.68. The van der Waals surface area contributed by atoms with Crippen LogP contribution in [0.2, 0.25) is 0 Å². The second-order valence-electron chi connectivity index (χ2n) is 6.48. The Morgan fingerprint density at radius 2 is 2.11 bits per heavy atom. The lowest BCUT2D eigenvalue weighted by atomic mass is 9.96. The molecule has 1 aliphatic rings. The molecule has 3 atom stereocenters. The van der Waals surface area contributed by atoms with E-state index in [2.05, 4.69) is 38.0 Å². The van der Waals surface area contributed by atoms with Crippen molar-refractivity contribution < 1.29 is 5.11 Å². The number of aliphatic hydroxyl groups excluding tert-OH is 1. The van der Waals surface area contributed by atoms with Gasteiger partial charge in [-0.05, 0) is 64.6 Å². The van der Waals surface area contributed by atoms with Crippen LogP contribution in [-0.2, 0) is 0 Å². The minimum absolute atomic E-state index is 0.0935. The average molecular weight is 256 g/mol. The first-order chi connectivity index (χ1) is 8.50. The summed E-state index contributed by atoms with van der Waals surface area (Å²) >= 11 is 0. The fourth-order valence-electron chi connectivity index (χ4n) is 2.53. The van der Waals surface area contributed by atoms with Crippen molar-refractivity contribution in [3.63, 3.8) is 0 Å². The molecule has 0 aromatic heterocycles. The van der Waals surface area contributed by atoms with Crippen LogP contribution in [0.25, 0.3) is 0 Å². The smallest absolute Gasteiger partial charge is 0.0610 e. The predicted molar refractivity (Wildman–Crippen MR) is 77.8 cm³/mol. The Bertz CT molecular complexity index is 235. The lowest BCUT2D eigenvalue weighted by Crippen LogP contribution is -2.46. The van der Waals surface area contributed by atoms with Gasteiger partial charge in [-0.1, -0.05) is 13.8 Å². The summed E-state index contributed by atoms with van der Waals surface area (Å²) in [5.41, 5.74) is -0.0935. The van der Waals surface area contributed by atoms with E-state index in [9.17, 15) is 5.11 Å². The van der Waals surface area contributed by atoms with Gasteiger partial charge in [0.2, 0.25) is 0 Å². The van der Waals surface area contributed by atoms with Gasteiger partial charge in [-0.2, -0.15) is 0 Å². The Kier molecular flexibility index (Phi) is 6.61. The summed E-state index contributed by atoms with van der Waals surface area (Å²) < 4.78 is 0. The van der Waals surface area contributed by atoms with E-state index in [0.29, 0.717) is 0 Å². The molecule has 3 unspecified atom stereocenters. The molecule has 0 heterocycles. The molecular formula is C15H32N2O. The summed E-state index contributed by atoms with van der Waals surface area (Å²) in [6.45, 7) is 10.3. The molecule has 1 rings (SSSR count). The van der Waals surface area contributed by atoms with Crippen LogP contribution < -0.4 is 5.32 Å². The number of nitrogens with one attached hydrogen (secondary N) is 1. The first-order valence-electron chi connectivity index (χ1n) is 7.55. The van der Waals surface area contributed by atoms with Crippen molar-refractivity contribution in [1.29, 1.82) is 0 Å². The van der Waals surface area contributed by atoms with Gasteiger partial charge >= 0.3 is 0 Å². The van der Waals surface area contributed by atoms with Crippen LogP contribution in [0.1, 0.15) is 46.5 Å². The second-order valence-corrected chi connectivity index (χ2v) is 6.48. The molecule has 3 heteroatoms. The Labute approximate surface area is 113 Å². The Hall–Kier alpha value is -0.120. The summed E-state index contributed by atoms with van der Waals surface area (Å²) in [6.07, 6.45) is 4.74. The molecule has 2 N–H and O–H groups in total. The molecule has 0 radical (unpaired) electrons. The van der Waals surface area contributed by atoms with Crippen LogP contribution in [0.5, 0.6) is 0 Å². The molecule has 18 heavy (non-hydrogen) atoms. The Morgan fingerprint density at radius 1 is 1.44 bits per heavy atom. The van der Waals surface area contributed by atoms with Gasteiger partial charge < -0.3 is 15.3 Å². The van der Waals surface area contributed by atoms with Crippen molar-refractivity contribution in [1.82, 2.24) is 10.2 Å². The Balaban J connectivity index is 2.13. The lowest BCUT2D eigenvalue weighted by molar-refractivity contribution is 0.158. The van der Waals surface area contributed by atoms with E-state index in [-0.39, 0.29) is 12.1 Å². The highest BCUT2D eigenvalue weighted by atomic mass is 16.3. The van der Waals surface area contributed by atoms with Gasteiger partial charge in [-0.3, -0.25) is 0 Å². The standard InChI is InChI=1S/C15H32N2O/c1-5-8-16-15(3,12-18)7-6-9-17(4)11-14-10-13(14)2/h13-14,16,18H,5-12H2,1-4H3. The topological polar surface area (TPSA) is 35.5 Å². The molecule has 0 bridgehead atoms. The number of aliphatic hydroxyl groups is 1. The van der Waals surface area contributed by atoms with Crippen LogP contribution in [0.15, 0.2) is 0 Å². The normalized spacial score (nSPS) is 26.3. The summed E-state index contributed by atoms with van der Waals surface area (Å²) in [6, 6.07) is 0. The van der Waals surface area contributed by atoms with E-state index in [1.54, 1.807) is 0 Å². The maximum absolute atomic E-state index is 9.49. The van der Waals surface area contributed by atoms with E-state index >= 15 is 0 Å². The first kappa shape index (κ1) is 15.9. The average Bonchev–Trinajstić information content (AvgIpc) is 3.02. The molecule has 0 aromatic carbocycles. The molecule has 0 spiro atoms. The highest BCUT2D eigenvalue weighted by Gasteiger charge is 2.33. The zero-order chi connectivity index (χ0) is 13.6. The van der Waals surface area contributed by atoms with Crippen LogP contribution >= 0.6 is 0 Å². The summed E-state index contributed by atoms with van der Waals surface area (Å²) in [4.78, 5) is 2.45. The second kappa shape index (κ2) is 7.46. The third-order valence-corrected chi connectivity index (χ3v) is 4.24. The first-order valence-corrected chi connectivity index (χ1v) is 7.55. The molecule has 0 aromatic rings. The van der Waals surface area contributed by atoms with E-state index in [1.165, 1.54) is 13.0 Å². The van der Waals surface area contributed by atoms with Crippen molar-refractivity contribution in [2.24, 2.45) is 11.8 Å². The molecule has 1 saturated carbocycles. The molecule has 0 aliphatic heterocycles. The molecular weight excluding hydrogens is 224 g/mol. The zero-order valence-corrected chi connectivity index (χ0v) is 12.7. The van der Waals surface area contributed by atoms with Crippen molar-refractivity contribution in [3.05, 3.63) is 0 Å². The van der Waals surface area contributed by atoms with Crippen molar-refractivity contribution in [3.8, 4) is 0 Å². The highest BCUT2D eigenvalue weighted by molar-refractivity contribution is 4.85. The van der Waals surface area contributed by atoms with E-state index in [0.717, 1.165) is 44.2 Å². The summed E-state index contributed by atoms with van der Waals surface area (Å²) in [7, 11) is 2.22. The van der Waals surface area contributed by atoms with Gasteiger partial charge in [-0.25, -0.2) is 0 Å². The maximum atomic E-state index is 9.49. The quantitative estimate of drug-likeness (QED) is 0.628. The minimum Gasteiger partial charge on any atom is -0.394 e. The van der Waals surface area contributed by atoms with Gasteiger partial charge in [0, 0.05) is 12.1 Å². The summed E-state index contributed by atoms with van der Waals surface area (Å²) in [5.74, 6) is 1.89. The van der Waals surface area contributed by atoms with E-state index in [1.807, 2.05) is 0 Å².